The average molecular weight is 759 g/mol. The Kier molecular flexibility index (Phi) is 17.0. The first kappa shape index (κ1) is 42.8. The minimum atomic E-state index is -1.12. The maximum Gasteiger partial charge on any atom is 1.00 e. The Morgan fingerprint density at radius 3 is 1.00 bits per heavy atom. The van der Waals surface area contributed by atoms with Gasteiger partial charge in [0.2, 0.25) is 11.8 Å². The van der Waals surface area contributed by atoms with Crippen LogP contribution < -0.4 is 89.4 Å². The molecule has 4 aromatic carbocycles. The van der Waals surface area contributed by atoms with E-state index >= 15 is 0 Å². The van der Waals surface area contributed by atoms with Crippen LogP contribution in [0.5, 0.6) is 23.0 Å². The SMILES string of the molecule is O=C([O-])Cc1ccc(Oc2ccc(CC3SC(=O)NC3=O)cc2)cc1.O=C([O-])Cc1ccc(Oc2ccc(CC3SC(=O)NC3=O)cc2)cc1.[Na+].[Na+]. The first-order valence-electron chi connectivity index (χ1n) is 15.1. The van der Waals surface area contributed by atoms with Gasteiger partial charge in [-0.3, -0.25) is 29.8 Å². The van der Waals surface area contributed by atoms with E-state index in [0.29, 0.717) is 47.0 Å². The van der Waals surface area contributed by atoms with Crippen LogP contribution in [0.2, 0.25) is 0 Å². The van der Waals surface area contributed by atoms with Gasteiger partial charge in [0.05, 0.1) is 10.5 Å². The second-order valence-electron chi connectivity index (χ2n) is 11.1. The Bertz CT molecular complexity index is 1750. The standard InChI is InChI=1S/2C18H15NO5S.2Na/c2*20-16(21)10-12-3-7-14(8-4-12)24-13-5-1-11(2-6-13)9-15-17(22)19-18(23)25-15;;/h2*1-8,15H,9-10H2,(H,20,21)(H,19,22,23);;/q;;2*+1/p-2. The van der Waals surface area contributed by atoms with Crippen molar-refractivity contribution < 1.29 is 108 Å². The second kappa shape index (κ2) is 20.6. The molecule has 0 aromatic heterocycles. The van der Waals surface area contributed by atoms with Gasteiger partial charge < -0.3 is 29.3 Å². The number of carboxylic acid groups (broad SMARTS) is 2. The Hall–Kier alpha value is -3.60. The number of thioether (sulfide) groups is 2. The van der Waals surface area contributed by atoms with Gasteiger partial charge in [-0.1, -0.05) is 72.1 Å². The van der Waals surface area contributed by atoms with Crippen LogP contribution in [0.25, 0.3) is 0 Å². The Morgan fingerprint density at radius 1 is 0.500 bits per heavy atom. The topological polar surface area (TPSA) is 191 Å². The molecule has 2 saturated heterocycles. The molecule has 2 N–H and O–H groups in total. The Balaban J connectivity index is 0.000000270. The fraction of sp³-hybridized carbons (Fsp3) is 0.167. The number of amides is 4. The molecular weight excluding hydrogens is 731 g/mol. The molecule has 0 spiro atoms. The van der Waals surface area contributed by atoms with Gasteiger partial charge in [0.15, 0.2) is 0 Å². The fourth-order valence-corrected chi connectivity index (χ4v) is 6.55. The van der Waals surface area contributed by atoms with Crippen molar-refractivity contribution in [2.45, 2.75) is 36.2 Å². The Morgan fingerprint density at radius 2 is 0.769 bits per heavy atom. The first-order valence-corrected chi connectivity index (χ1v) is 16.9. The van der Waals surface area contributed by atoms with E-state index in [-0.39, 0.29) is 94.2 Å². The number of ether oxygens (including phenoxy) is 2. The molecule has 4 aromatic rings. The zero-order valence-corrected chi connectivity index (χ0v) is 33.8. The van der Waals surface area contributed by atoms with E-state index in [0.717, 1.165) is 34.7 Å². The zero-order chi connectivity index (χ0) is 35.6. The Labute approximate surface area is 351 Å². The van der Waals surface area contributed by atoms with Crippen LogP contribution >= 0.6 is 23.5 Å². The van der Waals surface area contributed by atoms with Crippen LogP contribution in [0, 0.1) is 0 Å². The summed E-state index contributed by atoms with van der Waals surface area (Å²) in [4.78, 5) is 66.6. The maximum atomic E-state index is 11.6. The summed E-state index contributed by atoms with van der Waals surface area (Å²) in [6.45, 7) is 0. The van der Waals surface area contributed by atoms with Crippen molar-refractivity contribution in [3.05, 3.63) is 119 Å². The molecule has 52 heavy (non-hydrogen) atoms. The molecule has 2 aliphatic rings. The summed E-state index contributed by atoms with van der Waals surface area (Å²) in [5.41, 5.74) is 3.15. The van der Waals surface area contributed by atoms with Crippen LogP contribution in [-0.2, 0) is 44.9 Å². The average Bonchev–Trinajstić information content (AvgIpc) is 3.57. The first-order chi connectivity index (χ1) is 24.0. The number of nitrogens with one attached hydrogen (secondary N) is 2. The summed E-state index contributed by atoms with van der Waals surface area (Å²) < 4.78 is 11.4. The van der Waals surface area contributed by atoms with Gasteiger partial charge in [0, 0.05) is 24.8 Å². The summed E-state index contributed by atoms with van der Waals surface area (Å²) in [5.74, 6) is -0.344. The third-order valence-electron chi connectivity index (χ3n) is 7.24. The fourth-order valence-electron chi connectivity index (χ4n) is 4.83. The van der Waals surface area contributed by atoms with Gasteiger partial charge in [0.1, 0.15) is 23.0 Å². The van der Waals surface area contributed by atoms with Gasteiger partial charge >= 0.3 is 59.1 Å². The van der Waals surface area contributed by atoms with Gasteiger partial charge in [-0.05, 0) is 83.6 Å². The molecule has 2 aliphatic heterocycles. The summed E-state index contributed by atoms with van der Waals surface area (Å²) in [6, 6.07) is 28.0. The normalized spacial score (nSPS) is 15.9. The van der Waals surface area contributed by atoms with Crippen molar-refractivity contribution in [2.24, 2.45) is 0 Å². The molecule has 256 valence electrons. The van der Waals surface area contributed by atoms with Crippen LogP contribution in [0.3, 0.4) is 0 Å². The largest absolute Gasteiger partial charge is 1.00 e. The van der Waals surface area contributed by atoms with Crippen LogP contribution in [0.15, 0.2) is 97.1 Å². The quantitative estimate of drug-likeness (QED) is 0.143. The monoisotopic (exact) mass is 758 g/mol. The number of hydrogen-bond acceptors (Lipinski definition) is 12. The number of hydrogen-bond donors (Lipinski definition) is 2. The van der Waals surface area contributed by atoms with Crippen molar-refractivity contribution in [3.8, 4) is 23.0 Å². The summed E-state index contributed by atoms with van der Waals surface area (Å²) in [5, 5.41) is 24.2. The van der Waals surface area contributed by atoms with E-state index < -0.39 is 22.4 Å². The molecule has 6 rings (SSSR count). The minimum absolute atomic E-state index is 0. The molecule has 2 heterocycles. The van der Waals surface area contributed by atoms with E-state index in [1.165, 1.54) is 0 Å². The third kappa shape index (κ3) is 13.4. The maximum absolute atomic E-state index is 11.6. The van der Waals surface area contributed by atoms with Gasteiger partial charge in [-0.2, -0.15) is 0 Å². The van der Waals surface area contributed by atoms with Crippen LogP contribution in [0.1, 0.15) is 22.3 Å². The van der Waals surface area contributed by atoms with Crippen molar-refractivity contribution >= 4 is 57.8 Å². The van der Waals surface area contributed by atoms with E-state index in [2.05, 4.69) is 10.6 Å². The molecule has 0 radical (unpaired) electrons. The van der Waals surface area contributed by atoms with Crippen molar-refractivity contribution in [3.63, 3.8) is 0 Å². The predicted molar refractivity (Wildman–Crippen MR) is 181 cm³/mol. The summed E-state index contributed by atoms with van der Waals surface area (Å²) in [7, 11) is 0. The number of imide groups is 2. The van der Waals surface area contributed by atoms with Gasteiger partial charge in [-0.25, -0.2) is 0 Å². The number of carbonyl (C=O) groups is 6. The molecule has 12 nitrogen and oxygen atoms in total. The molecular formula is C36H28N2Na2O10S2. The van der Waals surface area contributed by atoms with E-state index in [1.54, 1.807) is 72.8 Å². The predicted octanol–water partition coefficient (Wildman–Crippen LogP) is -2.66. The molecule has 0 saturated carbocycles. The van der Waals surface area contributed by atoms with E-state index in [1.807, 2.05) is 24.3 Å². The molecule has 2 unspecified atom stereocenters. The number of carboxylic acids is 2. The molecule has 4 amide bonds. The van der Waals surface area contributed by atoms with E-state index in [9.17, 15) is 39.0 Å². The van der Waals surface area contributed by atoms with Crippen LogP contribution in [0.4, 0.5) is 9.59 Å². The van der Waals surface area contributed by atoms with Crippen molar-refractivity contribution in [1.82, 2.24) is 10.6 Å². The number of rotatable bonds is 12. The smallest absolute Gasteiger partial charge is 0.550 e. The number of aliphatic carboxylic acids is 2. The van der Waals surface area contributed by atoms with Gasteiger partial charge in [0.25, 0.3) is 10.5 Å². The van der Waals surface area contributed by atoms with E-state index in [4.69, 9.17) is 9.47 Å². The number of carbonyl (C=O) groups excluding carboxylic acids is 6. The summed E-state index contributed by atoms with van der Waals surface area (Å²) >= 11 is 2.01. The number of benzene rings is 4. The molecule has 0 aliphatic carbocycles. The second-order valence-corrected chi connectivity index (χ2v) is 13.4. The summed E-state index contributed by atoms with van der Waals surface area (Å²) in [6.07, 6.45) is 0.676. The minimum Gasteiger partial charge on any atom is -0.550 e. The van der Waals surface area contributed by atoms with Crippen molar-refractivity contribution in [2.75, 3.05) is 0 Å². The zero-order valence-electron chi connectivity index (χ0n) is 28.1. The molecule has 2 atom stereocenters. The molecule has 0 bridgehead atoms. The molecule has 16 heteroatoms. The third-order valence-corrected chi connectivity index (χ3v) is 9.20. The van der Waals surface area contributed by atoms with Crippen molar-refractivity contribution in [1.29, 1.82) is 0 Å². The van der Waals surface area contributed by atoms with Gasteiger partial charge in [-0.15, -0.1) is 0 Å². The van der Waals surface area contributed by atoms with Crippen LogP contribution in [-0.4, -0.2) is 44.7 Å². The molecule has 2 fully saturated rings.